The number of hydrogen-bond acceptors (Lipinski definition) is 6. The van der Waals surface area contributed by atoms with Crippen molar-refractivity contribution >= 4 is 28.4 Å². The SMILES string of the molecule is CN(C)C(=O)c1ccc(N[C@H]2CCN(CC(=O)N3C[C@@H](F)C[C@H]3C#N)C2)c2cccnc12. The number of hydrogen-bond donors (Lipinski definition) is 1. The molecule has 2 fully saturated rings. The van der Waals surface area contributed by atoms with Gasteiger partial charge in [-0.2, -0.15) is 5.26 Å². The maximum absolute atomic E-state index is 13.6. The van der Waals surface area contributed by atoms with Crippen LogP contribution in [0.4, 0.5) is 10.1 Å². The molecule has 8 nitrogen and oxygen atoms in total. The number of nitriles is 1. The van der Waals surface area contributed by atoms with Gasteiger partial charge in [0.1, 0.15) is 12.2 Å². The lowest BCUT2D eigenvalue weighted by molar-refractivity contribution is -0.132. The number of benzene rings is 1. The van der Waals surface area contributed by atoms with Crippen LogP contribution in [0, 0.1) is 11.3 Å². The van der Waals surface area contributed by atoms with Crippen molar-refractivity contribution in [2.75, 3.05) is 45.6 Å². The summed E-state index contributed by atoms with van der Waals surface area (Å²) in [5.74, 6) is -0.294. The van der Waals surface area contributed by atoms with Gasteiger partial charge in [0.15, 0.2) is 0 Å². The minimum absolute atomic E-state index is 0.00356. The summed E-state index contributed by atoms with van der Waals surface area (Å²) in [6, 6.07) is 8.96. The van der Waals surface area contributed by atoms with Crippen LogP contribution in [-0.4, -0.2) is 90.0 Å². The number of halogens is 1. The highest BCUT2D eigenvalue weighted by atomic mass is 19.1. The van der Waals surface area contributed by atoms with Crippen molar-refractivity contribution in [3.8, 4) is 6.07 Å². The molecule has 9 heteroatoms. The van der Waals surface area contributed by atoms with Gasteiger partial charge < -0.3 is 15.1 Å². The average Bonchev–Trinajstić information content (AvgIpc) is 3.39. The number of carbonyl (C=O) groups excluding carboxylic acids is 2. The summed E-state index contributed by atoms with van der Waals surface area (Å²) in [5, 5.41) is 13.6. The Morgan fingerprint density at radius 1 is 1.31 bits per heavy atom. The molecule has 3 heterocycles. The molecular formula is C23H27FN6O2. The van der Waals surface area contributed by atoms with Crippen LogP contribution < -0.4 is 5.32 Å². The number of amides is 2. The molecule has 1 aromatic heterocycles. The molecule has 0 saturated carbocycles. The predicted octanol–water partition coefficient (Wildman–Crippen LogP) is 1.89. The van der Waals surface area contributed by atoms with E-state index in [9.17, 15) is 19.2 Å². The monoisotopic (exact) mass is 438 g/mol. The van der Waals surface area contributed by atoms with E-state index >= 15 is 0 Å². The molecule has 1 aromatic carbocycles. The zero-order valence-electron chi connectivity index (χ0n) is 18.3. The van der Waals surface area contributed by atoms with E-state index in [0.29, 0.717) is 17.6 Å². The molecule has 0 radical (unpaired) electrons. The second kappa shape index (κ2) is 9.09. The van der Waals surface area contributed by atoms with E-state index in [1.165, 1.54) is 9.80 Å². The minimum Gasteiger partial charge on any atom is -0.380 e. The number of carbonyl (C=O) groups is 2. The first kappa shape index (κ1) is 22.0. The summed E-state index contributed by atoms with van der Waals surface area (Å²) in [7, 11) is 3.43. The zero-order valence-corrected chi connectivity index (χ0v) is 18.3. The topological polar surface area (TPSA) is 92.6 Å². The summed E-state index contributed by atoms with van der Waals surface area (Å²) in [4.78, 5) is 34.5. The van der Waals surface area contributed by atoms with E-state index in [1.807, 2.05) is 29.2 Å². The second-order valence-corrected chi connectivity index (χ2v) is 8.65. The maximum atomic E-state index is 13.6. The highest BCUT2D eigenvalue weighted by molar-refractivity contribution is 6.08. The van der Waals surface area contributed by atoms with Crippen LogP contribution in [0.1, 0.15) is 23.2 Å². The van der Waals surface area contributed by atoms with Crippen LogP contribution in [0.25, 0.3) is 10.9 Å². The van der Waals surface area contributed by atoms with Crippen LogP contribution in [0.2, 0.25) is 0 Å². The Hall–Kier alpha value is -3.25. The molecule has 0 aliphatic carbocycles. The lowest BCUT2D eigenvalue weighted by atomic mass is 10.1. The molecule has 0 spiro atoms. The number of nitrogens with one attached hydrogen (secondary N) is 1. The fraction of sp³-hybridized carbons (Fsp3) is 0.478. The van der Waals surface area contributed by atoms with E-state index in [4.69, 9.17) is 0 Å². The molecule has 1 N–H and O–H groups in total. The summed E-state index contributed by atoms with van der Waals surface area (Å²) in [6.45, 7) is 1.59. The van der Waals surface area contributed by atoms with Gasteiger partial charge in [0, 0.05) is 56.9 Å². The highest BCUT2D eigenvalue weighted by Gasteiger charge is 2.36. The molecule has 2 saturated heterocycles. The second-order valence-electron chi connectivity index (χ2n) is 8.65. The Morgan fingerprint density at radius 3 is 2.88 bits per heavy atom. The average molecular weight is 439 g/mol. The molecule has 32 heavy (non-hydrogen) atoms. The molecule has 168 valence electrons. The Kier molecular flexibility index (Phi) is 6.24. The summed E-state index contributed by atoms with van der Waals surface area (Å²) in [6.07, 6.45) is 1.50. The van der Waals surface area contributed by atoms with Gasteiger partial charge in [-0.3, -0.25) is 19.5 Å². The van der Waals surface area contributed by atoms with Crippen LogP contribution in [0.5, 0.6) is 0 Å². The van der Waals surface area contributed by atoms with Gasteiger partial charge in [-0.1, -0.05) is 0 Å². The Morgan fingerprint density at radius 2 is 2.12 bits per heavy atom. The zero-order chi connectivity index (χ0) is 22.8. The number of aromatic nitrogens is 1. The molecule has 0 bridgehead atoms. The fourth-order valence-corrected chi connectivity index (χ4v) is 4.49. The van der Waals surface area contributed by atoms with Crippen molar-refractivity contribution in [1.29, 1.82) is 5.26 Å². The van der Waals surface area contributed by atoms with E-state index in [-0.39, 0.29) is 37.4 Å². The van der Waals surface area contributed by atoms with Crippen molar-refractivity contribution in [3.63, 3.8) is 0 Å². The molecule has 2 amide bonds. The number of rotatable bonds is 5. The number of alkyl halides is 1. The molecule has 2 aliphatic rings. The first-order chi connectivity index (χ1) is 15.4. The number of likely N-dealkylation sites (tertiary alicyclic amines) is 2. The van der Waals surface area contributed by atoms with Gasteiger partial charge in [-0.05, 0) is 30.7 Å². The van der Waals surface area contributed by atoms with Gasteiger partial charge in [-0.15, -0.1) is 0 Å². The van der Waals surface area contributed by atoms with Crippen molar-refractivity contribution in [2.24, 2.45) is 0 Å². The minimum atomic E-state index is -1.12. The van der Waals surface area contributed by atoms with Crippen LogP contribution in [0.15, 0.2) is 30.5 Å². The number of fused-ring (bicyclic) bond motifs is 1. The molecular weight excluding hydrogens is 411 g/mol. The number of nitrogens with zero attached hydrogens (tertiary/aromatic N) is 5. The van der Waals surface area contributed by atoms with Gasteiger partial charge in [0.25, 0.3) is 5.91 Å². The number of anilines is 1. The Balaban J connectivity index is 1.43. The highest BCUT2D eigenvalue weighted by Crippen LogP contribution is 2.28. The van der Waals surface area contributed by atoms with Gasteiger partial charge in [0.2, 0.25) is 5.91 Å². The van der Waals surface area contributed by atoms with E-state index < -0.39 is 12.2 Å². The maximum Gasteiger partial charge on any atom is 0.255 e. The standard InChI is InChI=1S/C23H27FN6O2/c1-28(2)23(32)19-5-6-20(18-4-3-8-26-22(18)19)27-16-7-9-29(13-16)14-21(31)30-12-15(24)10-17(30)11-25/h3-6,8,15-17,27H,7,9-10,12-14H2,1-2H3/t15-,16-,17-/m0/s1. The van der Waals surface area contributed by atoms with E-state index in [2.05, 4.69) is 10.3 Å². The fourth-order valence-electron chi connectivity index (χ4n) is 4.49. The number of pyridine rings is 1. The van der Waals surface area contributed by atoms with Crippen molar-refractivity contribution in [3.05, 3.63) is 36.0 Å². The molecule has 2 aliphatic heterocycles. The van der Waals surface area contributed by atoms with Crippen molar-refractivity contribution in [1.82, 2.24) is 19.7 Å². The predicted molar refractivity (Wildman–Crippen MR) is 119 cm³/mol. The summed E-state index contributed by atoms with van der Waals surface area (Å²) in [5.41, 5.74) is 2.10. The van der Waals surface area contributed by atoms with E-state index in [1.54, 1.807) is 26.4 Å². The lowest BCUT2D eigenvalue weighted by Crippen LogP contribution is -2.42. The van der Waals surface area contributed by atoms with Gasteiger partial charge in [0.05, 0.1) is 30.2 Å². The van der Waals surface area contributed by atoms with Crippen molar-refractivity contribution < 1.29 is 14.0 Å². The Labute approximate surface area is 186 Å². The van der Waals surface area contributed by atoms with Crippen LogP contribution in [-0.2, 0) is 4.79 Å². The third-order valence-electron chi connectivity index (χ3n) is 6.12. The van der Waals surface area contributed by atoms with Crippen LogP contribution in [0.3, 0.4) is 0 Å². The molecule has 3 atom stereocenters. The molecule has 4 rings (SSSR count). The third kappa shape index (κ3) is 4.36. The quantitative estimate of drug-likeness (QED) is 0.767. The summed E-state index contributed by atoms with van der Waals surface area (Å²) < 4.78 is 13.6. The first-order valence-electron chi connectivity index (χ1n) is 10.8. The lowest BCUT2D eigenvalue weighted by Gasteiger charge is -2.23. The van der Waals surface area contributed by atoms with E-state index in [0.717, 1.165) is 24.0 Å². The largest absolute Gasteiger partial charge is 0.380 e. The molecule has 2 aromatic rings. The van der Waals surface area contributed by atoms with Crippen LogP contribution >= 0.6 is 0 Å². The third-order valence-corrected chi connectivity index (χ3v) is 6.12. The van der Waals surface area contributed by atoms with Crippen molar-refractivity contribution in [2.45, 2.75) is 31.1 Å². The summed E-state index contributed by atoms with van der Waals surface area (Å²) >= 11 is 0. The van der Waals surface area contributed by atoms with Gasteiger partial charge >= 0.3 is 0 Å². The smallest absolute Gasteiger partial charge is 0.255 e. The normalized spacial score (nSPS) is 23.3. The Bertz CT molecular complexity index is 1070. The molecule has 0 unspecified atom stereocenters. The van der Waals surface area contributed by atoms with Gasteiger partial charge in [-0.25, -0.2) is 4.39 Å². The first-order valence-corrected chi connectivity index (χ1v) is 10.8.